The maximum Gasteiger partial charge on any atom is 0.0514 e. The number of benzene rings is 1. The summed E-state index contributed by atoms with van der Waals surface area (Å²) in [6, 6.07) is 5.09. The lowest BCUT2D eigenvalue weighted by Gasteiger charge is -2.03. The SMILES string of the molecule is [2H]C1(N)CCc2cc(Br)ccc21. The van der Waals surface area contributed by atoms with Crippen molar-refractivity contribution in [2.24, 2.45) is 5.73 Å². The van der Waals surface area contributed by atoms with E-state index in [1.807, 2.05) is 12.1 Å². The number of rotatable bonds is 0. The van der Waals surface area contributed by atoms with Crippen LogP contribution in [0, 0.1) is 0 Å². The number of hydrogen-bond donors (Lipinski definition) is 1. The molecule has 1 aromatic rings. The fourth-order valence-corrected chi connectivity index (χ4v) is 1.89. The molecule has 1 aliphatic rings. The van der Waals surface area contributed by atoms with Crippen LogP contribution in [0.2, 0.25) is 0 Å². The Bertz CT molecular complexity index is 322. The van der Waals surface area contributed by atoms with Gasteiger partial charge in [-0.05, 0) is 36.1 Å². The molecular formula is C9H10BrN. The third-order valence-corrected chi connectivity index (χ3v) is 2.57. The highest BCUT2D eigenvalue weighted by atomic mass is 79.9. The molecule has 2 N–H and O–H groups in total. The molecular weight excluding hydrogens is 202 g/mol. The van der Waals surface area contributed by atoms with Crippen LogP contribution in [0.3, 0.4) is 0 Å². The van der Waals surface area contributed by atoms with E-state index in [2.05, 4.69) is 22.0 Å². The molecule has 2 rings (SSSR count). The van der Waals surface area contributed by atoms with E-state index in [4.69, 9.17) is 7.10 Å². The molecule has 1 unspecified atom stereocenters. The van der Waals surface area contributed by atoms with Crippen molar-refractivity contribution >= 4 is 15.9 Å². The molecule has 0 aliphatic heterocycles. The van der Waals surface area contributed by atoms with Gasteiger partial charge in [-0.25, -0.2) is 0 Å². The quantitative estimate of drug-likeness (QED) is 0.703. The van der Waals surface area contributed by atoms with Crippen molar-refractivity contribution in [3.63, 3.8) is 0 Å². The van der Waals surface area contributed by atoms with Gasteiger partial charge < -0.3 is 5.73 Å². The maximum absolute atomic E-state index is 7.80. The van der Waals surface area contributed by atoms with Crippen molar-refractivity contribution in [2.75, 3.05) is 0 Å². The average Bonchev–Trinajstić information content (AvgIpc) is 2.27. The second-order valence-electron chi connectivity index (χ2n) is 2.83. The molecule has 0 spiro atoms. The molecule has 1 atom stereocenters. The van der Waals surface area contributed by atoms with Gasteiger partial charge >= 0.3 is 0 Å². The highest BCUT2D eigenvalue weighted by Gasteiger charge is 2.17. The molecule has 58 valence electrons. The molecule has 0 fully saturated rings. The van der Waals surface area contributed by atoms with E-state index in [1.54, 1.807) is 0 Å². The minimum Gasteiger partial charge on any atom is -0.324 e. The lowest BCUT2D eigenvalue weighted by molar-refractivity contribution is 0.713. The zero-order valence-electron chi connectivity index (χ0n) is 7.10. The molecule has 0 amide bonds. The average molecular weight is 213 g/mol. The lowest BCUT2D eigenvalue weighted by Crippen LogP contribution is -2.04. The van der Waals surface area contributed by atoms with Crippen LogP contribution in [0.25, 0.3) is 0 Å². The fourth-order valence-electron chi connectivity index (χ4n) is 1.49. The zero-order chi connectivity index (χ0) is 8.77. The highest BCUT2D eigenvalue weighted by molar-refractivity contribution is 9.10. The Morgan fingerprint density at radius 3 is 3.27 bits per heavy atom. The summed E-state index contributed by atoms with van der Waals surface area (Å²) >= 11 is 3.40. The summed E-state index contributed by atoms with van der Waals surface area (Å²) in [7, 11) is 0. The molecule has 0 aromatic heterocycles. The van der Waals surface area contributed by atoms with E-state index in [-0.39, 0.29) is 0 Å². The largest absolute Gasteiger partial charge is 0.324 e. The van der Waals surface area contributed by atoms with Crippen LogP contribution in [-0.4, -0.2) is 0 Å². The summed E-state index contributed by atoms with van der Waals surface area (Å²) in [6.07, 6.45) is 1.66. The molecule has 0 bridgehead atoms. The zero-order valence-corrected chi connectivity index (χ0v) is 7.69. The lowest BCUT2D eigenvalue weighted by atomic mass is 10.1. The van der Waals surface area contributed by atoms with Crippen molar-refractivity contribution in [1.82, 2.24) is 0 Å². The van der Waals surface area contributed by atoms with Gasteiger partial charge in [0.1, 0.15) is 0 Å². The highest BCUT2D eigenvalue weighted by Crippen LogP contribution is 2.30. The van der Waals surface area contributed by atoms with E-state index < -0.39 is 6.02 Å². The smallest absolute Gasteiger partial charge is 0.0514 e. The Labute approximate surface area is 76.1 Å². The molecule has 0 saturated carbocycles. The van der Waals surface area contributed by atoms with Gasteiger partial charge in [-0.1, -0.05) is 22.0 Å². The second-order valence-corrected chi connectivity index (χ2v) is 3.74. The molecule has 0 radical (unpaired) electrons. The van der Waals surface area contributed by atoms with Crippen LogP contribution in [0.5, 0.6) is 0 Å². The van der Waals surface area contributed by atoms with Gasteiger partial charge in [0, 0.05) is 10.5 Å². The molecule has 0 saturated heterocycles. The molecule has 0 heterocycles. The Morgan fingerprint density at radius 2 is 2.45 bits per heavy atom. The summed E-state index contributed by atoms with van der Waals surface area (Å²) in [6.45, 7) is 0. The second kappa shape index (κ2) is 2.61. The Kier molecular flexibility index (Phi) is 1.47. The van der Waals surface area contributed by atoms with E-state index in [0.29, 0.717) is 0 Å². The van der Waals surface area contributed by atoms with Crippen molar-refractivity contribution in [3.8, 4) is 0 Å². The van der Waals surface area contributed by atoms with Crippen molar-refractivity contribution in [2.45, 2.75) is 18.9 Å². The minimum absolute atomic E-state index is 0.735. The van der Waals surface area contributed by atoms with Gasteiger partial charge in [-0.3, -0.25) is 0 Å². The van der Waals surface area contributed by atoms with Gasteiger partial charge in [0.25, 0.3) is 0 Å². The first-order chi connectivity index (χ1) is 5.59. The minimum atomic E-state index is -0.851. The van der Waals surface area contributed by atoms with Gasteiger partial charge in [0.05, 0.1) is 1.37 Å². The summed E-state index contributed by atoms with van der Waals surface area (Å²) in [5.74, 6) is 0. The van der Waals surface area contributed by atoms with E-state index in [9.17, 15) is 0 Å². The van der Waals surface area contributed by atoms with Crippen LogP contribution in [0.1, 0.15) is 24.9 Å². The molecule has 1 aromatic carbocycles. The Balaban J connectivity index is 2.55. The van der Waals surface area contributed by atoms with E-state index in [0.717, 1.165) is 22.9 Å². The van der Waals surface area contributed by atoms with Crippen molar-refractivity contribution in [1.29, 1.82) is 0 Å². The van der Waals surface area contributed by atoms with Crippen LogP contribution in [-0.2, 0) is 6.42 Å². The predicted octanol–water partition coefficient (Wildman–Crippen LogP) is 2.40. The normalized spacial score (nSPS) is 29.8. The summed E-state index contributed by atoms with van der Waals surface area (Å²) < 4.78 is 8.87. The fraction of sp³-hybridized carbons (Fsp3) is 0.333. The van der Waals surface area contributed by atoms with Gasteiger partial charge in [-0.15, -0.1) is 0 Å². The number of fused-ring (bicyclic) bond motifs is 1. The van der Waals surface area contributed by atoms with E-state index in [1.165, 1.54) is 5.56 Å². The molecule has 1 nitrogen and oxygen atoms in total. The van der Waals surface area contributed by atoms with Gasteiger partial charge in [0.2, 0.25) is 0 Å². The van der Waals surface area contributed by atoms with Crippen LogP contribution < -0.4 is 5.73 Å². The summed E-state index contributed by atoms with van der Waals surface area (Å²) in [4.78, 5) is 0. The predicted molar refractivity (Wildman–Crippen MR) is 49.4 cm³/mol. The molecule has 1 aliphatic carbocycles. The standard InChI is InChI=1S/C9H10BrN/c10-7-2-3-8-6(5-7)1-4-9(8)11/h2-3,5,9H,1,4,11H2/i9D. The van der Waals surface area contributed by atoms with Crippen LogP contribution >= 0.6 is 15.9 Å². The Hall–Kier alpha value is -0.340. The number of nitrogens with two attached hydrogens (primary N) is 1. The monoisotopic (exact) mass is 212 g/mol. The first-order valence-corrected chi connectivity index (χ1v) is 4.47. The van der Waals surface area contributed by atoms with Gasteiger partial charge in [0.15, 0.2) is 0 Å². The first kappa shape index (κ1) is 6.21. The number of hydrogen-bond acceptors (Lipinski definition) is 1. The van der Waals surface area contributed by atoms with Crippen molar-refractivity contribution < 1.29 is 1.37 Å². The third-order valence-electron chi connectivity index (χ3n) is 2.08. The van der Waals surface area contributed by atoms with Crippen molar-refractivity contribution in [3.05, 3.63) is 33.8 Å². The topological polar surface area (TPSA) is 26.0 Å². The number of aryl methyl sites for hydroxylation is 1. The van der Waals surface area contributed by atoms with Crippen LogP contribution in [0.15, 0.2) is 22.7 Å². The summed E-state index contributed by atoms with van der Waals surface area (Å²) in [5.41, 5.74) is 7.98. The van der Waals surface area contributed by atoms with E-state index >= 15 is 0 Å². The Morgan fingerprint density at radius 1 is 1.64 bits per heavy atom. The maximum atomic E-state index is 7.80. The van der Waals surface area contributed by atoms with Gasteiger partial charge in [-0.2, -0.15) is 0 Å². The van der Waals surface area contributed by atoms with Crippen LogP contribution in [0.4, 0.5) is 0 Å². The third kappa shape index (κ3) is 1.21. The first-order valence-electron chi connectivity index (χ1n) is 4.17. The summed E-state index contributed by atoms with van der Waals surface area (Å²) in [5, 5.41) is 0. The molecule has 2 heteroatoms. The number of halogens is 1. The molecule has 11 heavy (non-hydrogen) atoms.